The first-order valence-electron chi connectivity index (χ1n) is 8.32. The average molecular weight is 449 g/mol. The number of carbonyl (C=O) groups excluding carboxylic acids is 1. The lowest BCUT2D eigenvalue weighted by atomic mass is 10.2. The molecule has 0 aliphatic carbocycles. The van der Waals surface area contributed by atoms with Crippen molar-refractivity contribution in [1.29, 1.82) is 0 Å². The van der Waals surface area contributed by atoms with Gasteiger partial charge < -0.3 is 5.32 Å². The molecule has 0 aliphatic heterocycles. The van der Waals surface area contributed by atoms with Gasteiger partial charge in [-0.3, -0.25) is 4.79 Å². The highest BCUT2D eigenvalue weighted by atomic mass is 35.5. The van der Waals surface area contributed by atoms with E-state index >= 15 is 0 Å². The number of thiophene rings is 1. The number of hydrogen-bond donors (Lipinski definition) is 1. The number of anilines is 1. The predicted molar refractivity (Wildman–Crippen MR) is 116 cm³/mol. The molecule has 1 amide bonds. The van der Waals surface area contributed by atoms with Crippen LogP contribution in [0.15, 0.2) is 53.4 Å². The zero-order valence-corrected chi connectivity index (χ0v) is 17.6. The normalized spacial score (nSPS) is 10.9. The molecule has 0 atom stereocenters. The van der Waals surface area contributed by atoms with E-state index in [0.717, 1.165) is 21.1 Å². The Morgan fingerprint density at radius 1 is 1.18 bits per heavy atom. The fraction of sp³-hybridized carbons (Fsp3) is 0.105. The molecule has 0 aliphatic rings. The van der Waals surface area contributed by atoms with E-state index in [1.807, 2.05) is 29.0 Å². The van der Waals surface area contributed by atoms with Crippen LogP contribution in [0.1, 0.15) is 11.3 Å². The van der Waals surface area contributed by atoms with Crippen LogP contribution in [0.2, 0.25) is 10.0 Å². The second kappa shape index (κ2) is 8.45. The van der Waals surface area contributed by atoms with E-state index in [4.69, 9.17) is 23.2 Å². The molecule has 4 aromatic rings. The van der Waals surface area contributed by atoms with Crippen molar-refractivity contribution in [2.45, 2.75) is 13.0 Å². The highest BCUT2D eigenvalue weighted by Gasteiger charge is 2.13. The minimum Gasteiger partial charge on any atom is -0.311 e. The Balaban J connectivity index is 1.42. The van der Waals surface area contributed by atoms with Gasteiger partial charge in [0.15, 0.2) is 0 Å². The second-order valence-electron chi connectivity index (χ2n) is 5.96. The molecule has 3 aromatic heterocycles. The zero-order valence-electron chi connectivity index (χ0n) is 14.4. The maximum absolute atomic E-state index is 12.5. The van der Waals surface area contributed by atoms with Gasteiger partial charge in [0.1, 0.15) is 10.8 Å². The van der Waals surface area contributed by atoms with Crippen LogP contribution >= 0.6 is 45.9 Å². The molecule has 9 heteroatoms. The van der Waals surface area contributed by atoms with E-state index in [1.165, 1.54) is 0 Å². The van der Waals surface area contributed by atoms with Gasteiger partial charge >= 0.3 is 0 Å². The lowest BCUT2D eigenvalue weighted by Crippen LogP contribution is -2.18. The van der Waals surface area contributed by atoms with Gasteiger partial charge in [0.25, 0.3) is 0 Å². The molecular formula is C19H14Cl2N4OS2. The van der Waals surface area contributed by atoms with E-state index < -0.39 is 0 Å². The van der Waals surface area contributed by atoms with E-state index in [1.54, 1.807) is 51.8 Å². The molecule has 1 N–H and O–H groups in total. The third kappa shape index (κ3) is 4.44. The van der Waals surface area contributed by atoms with Crippen molar-refractivity contribution in [3.8, 4) is 9.88 Å². The third-order valence-electron chi connectivity index (χ3n) is 3.94. The summed E-state index contributed by atoms with van der Waals surface area (Å²) in [6.45, 7) is 0.428. The summed E-state index contributed by atoms with van der Waals surface area (Å²) < 4.78 is 1.69. The minimum absolute atomic E-state index is 0.146. The number of nitrogens with zero attached hydrogens (tertiary/aromatic N) is 3. The molecule has 0 unspecified atom stereocenters. The van der Waals surface area contributed by atoms with Crippen LogP contribution in [0, 0.1) is 0 Å². The largest absolute Gasteiger partial charge is 0.311 e. The zero-order chi connectivity index (χ0) is 19.5. The summed E-state index contributed by atoms with van der Waals surface area (Å²) in [4.78, 5) is 18.1. The smallest absolute Gasteiger partial charge is 0.231 e. The Morgan fingerprint density at radius 3 is 2.86 bits per heavy atom. The fourth-order valence-electron chi connectivity index (χ4n) is 2.63. The van der Waals surface area contributed by atoms with Gasteiger partial charge in [-0.25, -0.2) is 9.67 Å². The first-order valence-corrected chi connectivity index (χ1v) is 10.8. The van der Waals surface area contributed by atoms with Crippen molar-refractivity contribution in [2.24, 2.45) is 0 Å². The van der Waals surface area contributed by atoms with Crippen molar-refractivity contribution in [3.63, 3.8) is 0 Å². The van der Waals surface area contributed by atoms with Crippen LogP contribution in [0.4, 0.5) is 5.82 Å². The Bertz CT molecular complexity index is 1110. The number of nitrogens with one attached hydrogen (secondary N) is 1. The molecule has 0 bridgehead atoms. The van der Waals surface area contributed by atoms with Gasteiger partial charge in [-0.05, 0) is 29.1 Å². The quantitative estimate of drug-likeness (QED) is 0.417. The first kappa shape index (κ1) is 19.1. The summed E-state index contributed by atoms with van der Waals surface area (Å²) in [6, 6.07) is 11.1. The van der Waals surface area contributed by atoms with E-state index in [0.29, 0.717) is 22.4 Å². The maximum Gasteiger partial charge on any atom is 0.231 e. The van der Waals surface area contributed by atoms with Crippen LogP contribution < -0.4 is 5.32 Å². The lowest BCUT2D eigenvalue weighted by molar-refractivity contribution is -0.115. The minimum atomic E-state index is -0.146. The van der Waals surface area contributed by atoms with Gasteiger partial charge in [0, 0.05) is 21.5 Å². The summed E-state index contributed by atoms with van der Waals surface area (Å²) in [7, 11) is 0. The number of halogens is 2. The molecule has 0 spiro atoms. The van der Waals surface area contributed by atoms with Crippen LogP contribution in [0.5, 0.6) is 0 Å². The number of thiazole rings is 1. The molecule has 0 saturated carbocycles. The molecule has 5 nitrogen and oxygen atoms in total. The Labute approximate surface area is 179 Å². The Hall–Kier alpha value is -2.19. The number of amides is 1. The van der Waals surface area contributed by atoms with E-state index in [-0.39, 0.29) is 12.3 Å². The Morgan fingerprint density at radius 2 is 2.07 bits per heavy atom. The summed E-state index contributed by atoms with van der Waals surface area (Å²) in [5.74, 6) is 0.455. The third-order valence-corrected chi connectivity index (χ3v) is 6.46. The SMILES string of the molecule is O=C(Cc1csc(-c2cccs2)n1)Nc1ccnn1Cc1ccc(Cl)cc1Cl. The fourth-order valence-corrected chi connectivity index (χ4v) is 4.73. The maximum atomic E-state index is 12.5. The number of benzene rings is 1. The first-order chi connectivity index (χ1) is 13.6. The van der Waals surface area contributed by atoms with Gasteiger partial charge in [0.05, 0.1) is 29.7 Å². The van der Waals surface area contributed by atoms with Crippen molar-refractivity contribution >= 4 is 57.6 Å². The van der Waals surface area contributed by atoms with Crippen molar-refractivity contribution in [2.75, 3.05) is 5.32 Å². The molecular weight excluding hydrogens is 435 g/mol. The van der Waals surface area contributed by atoms with Gasteiger partial charge in [-0.2, -0.15) is 5.10 Å². The summed E-state index contributed by atoms with van der Waals surface area (Å²) in [5, 5.41) is 13.2. The summed E-state index contributed by atoms with van der Waals surface area (Å²) in [6.07, 6.45) is 1.84. The lowest BCUT2D eigenvalue weighted by Gasteiger charge is -2.10. The monoisotopic (exact) mass is 448 g/mol. The van der Waals surface area contributed by atoms with Gasteiger partial charge in [-0.15, -0.1) is 22.7 Å². The number of hydrogen-bond acceptors (Lipinski definition) is 5. The van der Waals surface area contributed by atoms with Gasteiger partial charge in [-0.1, -0.05) is 35.3 Å². The second-order valence-corrected chi connectivity index (χ2v) is 8.61. The molecule has 0 fully saturated rings. The average Bonchev–Trinajstić information content (AvgIpc) is 3.40. The van der Waals surface area contributed by atoms with Crippen LogP contribution in [-0.2, 0) is 17.8 Å². The predicted octanol–water partition coefficient (Wildman–Crippen LogP) is 5.60. The van der Waals surface area contributed by atoms with E-state index in [9.17, 15) is 4.79 Å². The molecule has 0 radical (unpaired) electrons. The molecule has 1 aromatic carbocycles. The van der Waals surface area contributed by atoms with Crippen molar-refractivity contribution in [1.82, 2.24) is 14.8 Å². The molecule has 3 heterocycles. The van der Waals surface area contributed by atoms with Crippen molar-refractivity contribution in [3.05, 3.63) is 74.7 Å². The summed E-state index contributed by atoms with van der Waals surface area (Å²) in [5.41, 5.74) is 1.61. The van der Waals surface area contributed by atoms with Crippen molar-refractivity contribution < 1.29 is 4.79 Å². The van der Waals surface area contributed by atoms with Gasteiger partial charge in [0.2, 0.25) is 5.91 Å². The van der Waals surface area contributed by atoms with E-state index in [2.05, 4.69) is 15.4 Å². The molecule has 0 saturated heterocycles. The summed E-state index contributed by atoms with van der Waals surface area (Å²) >= 11 is 15.4. The van der Waals surface area contributed by atoms with Crippen LogP contribution in [0.3, 0.4) is 0 Å². The molecule has 4 rings (SSSR count). The number of carbonyl (C=O) groups is 1. The highest BCUT2D eigenvalue weighted by molar-refractivity contribution is 7.20. The molecule has 28 heavy (non-hydrogen) atoms. The van der Waals surface area contributed by atoms with Crippen LogP contribution in [0.25, 0.3) is 9.88 Å². The topological polar surface area (TPSA) is 59.8 Å². The highest BCUT2D eigenvalue weighted by Crippen LogP contribution is 2.28. The standard InChI is InChI=1S/C19H14Cl2N4OS2/c20-13-4-3-12(15(21)8-13)10-25-17(5-6-22-25)24-18(26)9-14-11-28-19(23-14)16-2-1-7-27-16/h1-8,11H,9-10H2,(H,24,26). The van der Waals surface area contributed by atoms with Crippen LogP contribution in [-0.4, -0.2) is 20.7 Å². The molecule has 142 valence electrons. The number of rotatable bonds is 6. The number of aromatic nitrogens is 3. The Kier molecular flexibility index (Phi) is 5.77.